The largest absolute Gasteiger partial charge is 0.444 e. The van der Waals surface area contributed by atoms with Gasteiger partial charge in [-0.3, -0.25) is 9.58 Å². The van der Waals surface area contributed by atoms with Gasteiger partial charge in [-0.05, 0) is 27.7 Å². The molecular formula is C12H19N3O2. The Morgan fingerprint density at radius 1 is 1.35 bits per heavy atom. The van der Waals surface area contributed by atoms with E-state index in [2.05, 4.69) is 5.10 Å². The summed E-state index contributed by atoms with van der Waals surface area (Å²) >= 11 is 0. The summed E-state index contributed by atoms with van der Waals surface area (Å²) in [4.78, 5) is 13.6. The average Bonchev–Trinajstić information content (AvgIpc) is 2.67. The molecule has 1 aliphatic rings. The van der Waals surface area contributed by atoms with E-state index in [1.165, 1.54) is 0 Å². The van der Waals surface area contributed by atoms with Gasteiger partial charge in [0.2, 0.25) is 0 Å². The zero-order valence-electron chi connectivity index (χ0n) is 11.1. The van der Waals surface area contributed by atoms with Gasteiger partial charge in [0.25, 0.3) is 0 Å². The molecule has 5 nitrogen and oxygen atoms in total. The van der Waals surface area contributed by atoms with Crippen molar-refractivity contribution in [2.75, 3.05) is 0 Å². The van der Waals surface area contributed by atoms with Crippen molar-refractivity contribution in [1.29, 1.82) is 0 Å². The van der Waals surface area contributed by atoms with Crippen molar-refractivity contribution >= 4 is 6.09 Å². The number of nitrogens with zero attached hydrogens (tertiary/aromatic N) is 3. The highest BCUT2D eigenvalue weighted by molar-refractivity contribution is 5.69. The molecule has 0 aliphatic carbocycles. The van der Waals surface area contributed by atoms with Crippen LogP contribution in [0.4, 0.5) is 4.79 Å². The molecule has 5 heteroatoms. The van der Waals surface area contributed by atoms with Crippen LogP contribution in [0, 0.1) is 6.92 Å². The molecule has 1 amide bonds. The van der Waals surface area contributed by atoms with Crippen LogP contribution in [0.2, 0.25) is 0 Å². The monoisotopic (exact) mass is 237 g/mol. The summed E-state index contributed by atoms with van der Waals surface area (Å²) in [5, 5.41) is 4.34. The fourth-order valence-electron chi connectivity index (χ4n) is 2.04. The van der Waals surface area contributed by atoms with Crippen LogP contribution in [0.15, 0.2) is 0 Å². The number of hydrogen-bond acceptors (Lipinski definition) is 3. The maximum absolute atomic E-state index is 11.9. The van der Waals surface area contributed by atoms with E-state index in [0.717, 1.165) is 17.0 Å². The van der Waals surface area contributed by atoms with Crippen LogP contribution >= 0.6 is 0 Å². The summed E-state index contributed by atoms with van der Waals surface area (Å²) in [6, 6.07) is 0. The Bertz CT molecular complexity index is 431. The average molecular weight is 237 g/mol. The Hall–Kier alpha value is -1.52. The standard InChI is InChI=1S/C12H19N3O2/c1-8-9-6-15(7-10(9)14(5)13-8)11(16)17-12(2,3)4/h6-7H2,1-5H3. The van der Waals surface area contributed by atoms with Crippen molar-refractivity contribution in [2.24, 2.45) is 7.05 Å². The number of carbonyl (C=O) groups excluding carboxylic acids is 1. The fourth-order valence-corrected chi connectivity index (χ4v) is 2.04. The molecule has 0 aromatic carbocycles. The predicted octanol–water partition coefficient (Wildman–Crippen LogP) is 1.98. The molecule has 1 aromatic heterocycles. The maximum atomic E-state index is 11.9. The molecule has 1 aliphatic heterocycles. The summed E-state index contributed by atoms with van der Waals surface area (Å²) in [7, 11) is 1.91. The van der Waals surface area contributed by atoms with Gasteiger partial charge in [0.1, 0.15) is 5.60 Å². The zero-order chi connectivity index (χ0) is 12.8. The molecule has 0 fully saturated rings. The van der Waals surface area contributed by atoms with Gasteiger partial charge in [-0.15, -0.1) is 0 Å². The second-order valence-electron chi connectivity index (χ2n) is 5.47. The fraction of sp³-hybridized carbons (Fsp3) is 0.667. The van der Waals surface area contributed by atoms with Crippen LogP contribution in [0.25, 0.3) is 0 Å². The van der Waals surface area contributed by atoms with E-state index < -0.39 is 5.60 Å². The van der Waals surface area contributed by atoms with Crippen molar-refractivity contribution in [3.8, 4) is 0 Å². The molecule has 0 radical (unpaired) electrons. The van der Waals surface area contributed by atoms with Crippen LogP contribution in [0.3, 0.4) is 0 Å². The zero-order valence-corrected chi connectivity index (χ0v) is 11.1. The summed E-state index contributed by atoms with van der Waals surface area (Å²) < 4.78 is 7.20. The van der Waals surface area contributed by atoms with Crippen molar-refractivity contribution in [1.82, 2.24) is 14.7 Å². The van der Waals surface area contributed by atoms with Gasteiger partial charge >= 0.3 is 6.09 Å². The number of aromatic nitrogens is 2. The summed E-state index contributed by atoms with van der Waals surface area (Å²) in [6.07, 6.45) is -0.256. The first-order valence-corrected chi connectivity index (χ1v) is 5.77. The Morgan fingerprint density at radius 3 is 2.53 bits per heavy atom. The molecule has 0 atom stereocenters. The number of amides is 1. The van der Waals surface area contributed by atoms with E-state index in [-0.39, 0.29) is 6.09 Å². The molecule has 94 valence electrons. The molecule has 0 saturated carbocycles. The molecule has 0 bridgehead atoms. The van der Waals surface area contributed by atoms with E-state index in [1.54, 1.807) is 4.90 Å². The second kappa shape index (κ2) is 3.75. The predicted molar refractivity (Wildman–Crippen MR) is 63.4 cm³/mol. The van der Waals surface area contributed by atoms with Crippen molar-refractivity contribution in [2.45, 2.75) is 46.4 Å². The van der Waals surface area contributed by atoms with Gasteiger partial charge in [0.15, 0.2) is 0 Å². The third-order valence-corrected chi connectivity index (χ3v) is 2.82. The van der Waals surface area contributed by atoms with Gasteiger partial charge in [-0.25, -0.2) is 4.79 Å². The highest BCUT2D eigenvalue weighted by Crippen LogP contribution is 2.26. The van der Waals surface area contributed by atoms with Gasteiger partial charge < -0.3 is 4.74 Å². The second-order valence-corrected chi connectivity index (χ2v) is 5.47. The van der Waals surface area contributed by atoms with Gasteiger partial charge in [-0.2, -0.15) is 5.10 Å². The number of ether oxygens (including phenoxy) is 1. The lowest BCUT2D eigenvalue weighted by molar-refractivity contribution is 0.0238. The smallest absolute Gasteiger partial charge is 0.410 e. The first-order valence-electron chi connectivity index (χ1n) is 5.77. The van der Waals surface area contributed by atoms with E-state index in [1.807, 2.05) is 39.4 Å². The van der Waals surface area contributed by atoms with Crippen LogP contribution in [0.1, 0.15) is 37.7 Å². The van der Waals surface area contributed by atoms with E-state index >= 15 is 0 Å². The highest BCUT2D eigenvalue weighted by atomic mass is 16.6. The molecule has 0 N–H and O–H groups in total. The third-order valence-electron chi connectivity index (χ3n) is 2.82. The van der Waals surface area contributed by atoms with E-state index in [9.17, 15) is 4.79 Å². The number of hydrogen-bond donors (Lipinski definition) is 0. The molecule has 17 heavy (non-hydrogen) atoms. The molecule has 0 spiro atoms. The van der Waals surface area contributed by atoms with Crippen molar-refractivity contribution in [3.05, 3.63) is 17.0 Å². The molecule has 1 aromatic rings. The van der Waals surface area contributed by atoms with Crippen LogP contribution in [0.5, 0.6) is 0 Å². The van der Waals surface area contributed by atoms with Crippen molar-refractivity contribution < 1.29 is 9.53 Å². The van der Waals surface area contributed by atoms with Crippen LogP contribution < -0.4 is 0 Å². The van der Waals surface area contributed by atoms with Crippen LogP contribution in [-0.4, -0.2) is 26.4 Å². The summed E-state index contributed by atoms with van der Waals surface area (Å²) in [5.74, 6) is 0. The Balaban J connectivity index is 2.10. The third kappa shape index (κ3) is 2.28. The Labute approximate surface area is 101 Å². The number of rotatable bonds is 0. The lowest BCUT2D eigenvalue weighted by atomic mass is 10.2. The lowest BCUT2D eigenvalue weighted by Gasteiger charge is -2.24. The normalized spacial score (nSPS) is 15.0. The van der Waals surface area contributed by atoms with Gasteiger partial charge in [0.05, 0.1) is 24.5 Å². The van der Waals surface area contributed by atoms with E-state index in [4.69, 9.17) is 4.74 Å². The summed E-state index contributed by atoms with van der Waals surface area (Å²) in [5.41, 5.74) is 2.80. The molecule has 2 rings (SSSR count). The summed E-state index contributed by atoms with van der Waals surface area (Å²) in [6.45, 7) is 8.78. The molecular weight excluding hydrogens is 218 g/mol. The molecule has 0 unspecified atom stereocenters. The number of fused-ring (bicyclic) bond motifs is 1. The van der Waals surface area contributed by atoms with Gasteiger partial charge in [-0.1, -0.05) is 0 Å². The molecule has 0 saturated heterocycles. The van der Waals surface area contributed by atoms with Gasteiger partial charge in [0, 0.05) is 12.6 Å². The first-order chi connectivity index (χ1) is 7.78. The Morgan fingerprint density at radius 2 is 2.00 bits per heavy atom. The number of aryl methyl sites for hydroxylation is 2. The lowest BCUT2D eigenvalue weighted by Crippen LogP contribution is -2.33. The minimum absolute atomic E-state index is 0.256. The molecule has 2 heterocycles. The minimum Gasteiger partial charge on any atom is -0.444 e. The Kier molecular flexibility index (Phi) is 2.64. The quantitative estimate of drug-likeness (QED) is 0.693. The SMILES string of the molecule is Cc1nn(C)c2c1CN(C(=O)OC(C)(C)C)C2. The van der Waals surface area contributed by atoms with E-state index in [0.29, 0.717) is 13.1 Å². The maximum Gasteiger partial charge on any atom is 0.410 e. The topological polar surface area (TPSA) is 47.4 Å². The van der Waals surface area contributed by atoms with Crippen LogP contribution in [-0.2, 0) is 24.9 Å². The minimum atomic E-state index is -0.445. The highest BCUT2D eigenvalue weighted by Gasteiger charge is 2.31. The number of carbonyl (C=O) groups is 1. The first kappa shape index (κ1) is 12.0. The van der Waals surface area contributed by atoms with Crippen molar-refractivity contribution in [3.63, 3.8) is 0 Å².